The average molecular weight is 389 g/mol. The quantitative estimate of drug-likeness (QED) is 0.264. The number of hydrogen-bond acceptors (Lipinski definition) is 4. The van der Waals surface area contributed by atoms with Gasteiger partial charge < -0.3 is 4.74 Å². The Hall–Kier alpha value is -3.47. The first-order valence-corrected chi connectivity index (χ1v) is 9.64. The van der Waals surface area contributed by atoms with Gasteiger partial charge in [-0.25, -0.2) is 0 Å². The zero-order chi connectivity index (χ0) is 20.6. The molecule has 29 heavy (non-hydrogen) atoms. The molecule has 148 valence electrons. The molecule has 0 N–H and O–H groups in total. The average Bonchev–Trinajstić information content (AvgIpc) is 2.77. The number of ketones is 1. The molecule has 0 spiro atoms. The van der Waals surface area contributed by atoms with Crippen molar-refractivity contribution in [3.63, 3.8) is 0 Å². The highest BCUT2D eigenvalue weighted by molar-refractivity contribution is 5.99. The Bertz CT molecular complexity index is 931. The second kappa shape index (κ2) is 9.64. The van der Waals surface area contributed by atoms with E-state index in [-0.39, 0.29) is 29.4 Å². The summed E-state index contributed by atoms with van der Waals surface area (Å²) in [6.07, 6.45) is 0.971. The topological polar surface area (TPSA) is 69.4 Å². The first kappa shape index (κ1) is 20.3. The molecule has 0 bridgehead atoms. The van der Waals surface area contributed by atoms with Crippen molar-refractivity contribution in [1.29, 1.82) is 0 Å². The summed E-state index contributed by atoms with van der Waals surface area (Å²) >= 11 is 0. The van der Waals surface area contributed by atoms with E-state index in [1.165, 1.54) is 29.3 Å². The Morgan fingerprint density at radius 1 is 0.966 bits per heavy atom. The van der Waals surface area contributed by atoms with E-state index in [1.54, 1.807) is 6.92 Å². The first-order valence-electron chi connectivity index (χ1n) is 9.64. The summed E-state index contributed by atoms with van der Waals surface area (Å²) in [4.78, 5) is 22.8. The standard InChI is InChI=1S/C24H23NO4/c1-2-23(26)22-17-20(25(27)28)13-14-24(22)29-16-15-21(18-9-5-3-6-10-18)19-11-7-4-8-12-19/h3-14,17,21H,2,15-16H2,1H3. The number of nitro benzene ring substituents is 1. The molecule has 0 saturated heterocycles. The van der Waals surface area contributed by atoms with Crippen molar-refractivity contribution in [3.8, 4) is 5.75 Å². The fourth-order valence-electron chi connectivity index (χ4n) is 3.35. The lowest BCUT2D eigenvalue weighted by atomic mass is 9.89. The SMILES string of the molecule is CCC(=O)c1cc([N+](=O)[O-])ccc1OCCC(c1ccccc1)c1ccccc1. The molecule has 0 aliphatic carbocycles. The molecule has 3 aromatic rings. The second-order valence-corrected chi connectivity index (χ2v) is 6.73. The van der Waals surface area contributed by atoms with Crippen molar-refractivity contribution < 1.29 is 14.5 Å². The van der Waals surface area contributed by atoms with E-state index in [9.17, 15) is 14.9 Å². The van der Waals surface area contributed by atoms with Gasteiger partial charge in [-0.15, -0.1) is 0 Å². The van der Waals surface area contributed by atoms with Crippen LogP contribution in [-0.4, -0.2) is 17.3 Å². The summed E-state index contributed by atoms with van der Waals surface area (Å²) in [6, 6.07) is 24.6. The molecule has 0 aromatic heterocycles. The van der Waals surface area contributed by atoms with Gasteiger partial charge >= 0.3 is 0 Å². The summed E-state index contributed by atoms with van der Waals surface area (Å²) in [5.74, 6) is 0.370. The van der Waals surface area contributed by atoms with Gasteiger partial charge in [0, 0.05) is 24.5 Å². The van der Waals surface area contributed by atoms with Crippen LogP contribution in [0.5, 0.6) is 5.75 Å². The summed E-state index contributed by atoms with van der Waals surface area (Å²) in [7, 11) is 0. The Morgan fingerprint density at radius 2 is 1.55 bits per heavy atom. The Morgan fingerprint density at radius 3 is 2.07 bits per heavy atom. The minimum atomic E-state index is -0.503. The first-order chi connectivity index (χ1) is 14.1. The van der Waals surface area contributed by atoms with Crippen LogP contribution in [0.1, 0.15) is 47.2 Å². The van der Waals surface area contributed by atoms with Crippen LogP contribution >= 0.6 is 0 Å². The van der Waals surface area contributed by atoms with E-state index in [1.807, 2.05) is 36.4 Å². The molecular weight excluding hydrogens is 366 g/mol. The maximum absolute atomic E-state index is 12.2. The number of carbonyl (C=O) groups excluding carboxylic acids is 1. The van der Waals surface area contributed by atoms with Gasteiger partial charge in [-0.05, 0) is 23.6 Å². The number of ether oxygens (including phenoxy) is 1. The van der Waals surface area contributed by atoms with Crippen molar-refractivity contribution in [1.82, 2.24) is 0 Å². The van der Waals surface area contributed by atoms with Crippen molar-refractivity contribution in [3.05, 3.63) is 106 Å². The smallest absolute Gasteiger partial charge is 0.270 e. The zero-order valence-corrected chi connectivity index (χ0v) is 16.3. The lowest BCUT2D eigenvalue weighted by Crippen LogP contribution is -2.10. The third-order valence-corrected chi connectivity index (χ3v) is 4.86. The van der Waals surface area contributed by atoms with Gasteiger partial charge in [-0.1, -0.05) is 67.6 Å². The maximum atomic E-state index is 12.2. The molecule has 0 atom stereocenters. The fourth-order valence-corrected chi connectivity index (χ4v) is 3.35. The third-order valence-electron chi connectivity index (χ3n) is 4.86. The predicted octanol–water partition coefficient (Wildman–Crippen LogP) is 5.79. The van der Waals surface area contributed by atoms with Crippen molar-refractivity contribution in [2.75, 3.05) is 6.61 Å². The number of nitro groups is 1. The van der Waals surface area contributed by atoms with Crippen LogP contribution in [0.4, 0.5) is 5.69 Å². The lowest BCUT2D eigenvalue weighted by Gasteiger charge is -2.19. The van der Waals surface area contributed by atoms with Gasteiger partial charge in [0.05, 0.1) is 17.1 Å². The van der Waals surface area contributed by atoms with E-state index >= 15 is 0 Å². The van der Waals surface area contributed by atoms with Crippen molar-refractivity contribution >= 4 is 11.5 Å². The highest BCUT2D eigenvalue weighted by atomic mass is 16.6. The van der Waals surface area contributed by atoms with Crippen LogP contribution in [0.15, 0.2) is 78.9 Å². The third kappa shape index (κ3) is 5.08. The number of carbonyl (C=O) groups is 1. The van der Waals surface area contributed by atoms with Gasteiger partial charge in [0.25, 0.3) is 5.69 Å². The number of hydrogen-bond donors (Lipinski definition) is 0. The summed E-state index contributed by atoms with van der Waals surface area (Å²) < 4.78 is 5.92. The van der Waals surface area contributed by atoms with Crippen LogP contribution in [0, 0.1) is 10.1 Å². The molecule has 0 amide bonds. The van der Waals surface area contributed by atoms with Gasteiger partial charge in [0.15, 0.2) is 5.78 Å². The Balaban J connectivity index is 1.79. The van der Waals surface area contributed by atoms with Crippen LogP contribution < -0.4 is 4.74 Å². The largest absolute Gasteiger partial charge is 0.493 e. The number of Topliss-reactive ketones (excluding diaryl/α,β-unsaturated/α-hetero) is 1. The van der Waals surface area contributed by atoms with E-state index in [0.717, 1.165) is 0 Å². The Labute approximate surface area is 170 Å². The number of benzene rings is 3. The van der Waals surface area contributed by atoms with Crippen molar-refractivity contribution in [2.45, 2.75) is 25.7 Å². The van der Waals surface area contributed by atoms with Crippen molar-refractivity contribution in [2.24, 2.45) is 0 Å². The minimum Gasteiger partial charge on any atom is -0.493 e. The Kier molecular flexibility index (Phi) is 6.74. The van der Waals surface area contributed by atoms with E-state index in [2.05, 4.69) is 24.3 Å². The van der Waals surface area contributed by atoms with Crippen LogP contribution in [0.25, 0.3) is 0 Å². The number of rotatable bonds is 9. The van der Waals surface area contributed by atoms with Crippen LogP contribution in [0.2, 0.25) is 0 Å². The molecule has 3 rings (SSSR count). The summed E-state index contributed by atoms with van der Waals surface area (Å²) in [5, 5.41) is 11.0. The minimum absolute atomic E-state index is 0.111. The highest BCUT2D eigenvalue weighted by Gasteiger charge is 2.18. The predicted molar refractivity (Wildman–Crippen MR) is 113 cm³/mol. The molecule has 5 nitrogen and oxygen atoms in total. The van der Waals surface area contributed by atoms with Gasteiger partial charge in [-0.2, -0.15) is 0 Å². The molecule has 0 heterocycles. The molecule has 0 aliphatic rings. The summed E-state index contributed by atoms with van der Waals surface area (Å²) in [6.45, 7) is 2.11. The molecule has 3 aromatic carbocycles. The number of non-ortho nitro benzene ring substituents is 1. The van der Waals surface area contributed by atoms with Crippen LogP contribution in [-0.2, 0) is 0 Å². The highest BCUT2D eigenvalue weighted by Crippen LogP contribution is 2.30. The molecule has 0 aliphatic heterocycles. The number of nitrogens with zero attached hydrogens (tertiary/aromatic N) is 1. The zero-order valence-electron chi connectivity index (χ0n) is 16.3. The monoisotopic (exact) mass is 389 g/mol. The van der Waals surface area contributed by atoms with Gasteiger partial charge in [0.2, 0.25) is 0 Å². The molecule has 0 fully saturated rings. The molecular formula is C24H23NO4. The molecule has 0 unspecified atom stereocenters. The molecule has 0 radical (unpaired) electrons. The van der Waals surface area contributed by atoms with Gasteiger partial charge in [0.1, 0.15) is 5.75 Å². The fraction of sp³-hybridized carbons (Fsp3) is 0.208. The van der Waals surface area contributed by atoms with E-state index in [4.69, 9.17) is 4.74 Å². The normalized spacial score (nSPS) is 10.7. The summed E-state index contributed by atoms with van der Waals surface area (Å²) in [5.41, 5.74) is 2.53. The lowest BCUT2D eigenvalue weighted by molar-refractivity contribution is -0.384. The van der Waals surface area contributed by atoms with Crippen LogP contribution in [0.3, 0.4) is 0 Å². The second-order valence-electron chi connectivity index (χ2n) is 6.73. The maximum Gasteiger partial charge on any atom is 0.270 e. The van der Waals surface area contributed by atoms with E-state index < -0.39 is 4.92 Å². The molecule has 0 saturated carbocycles. The molecule has 5 heteroatoms. The van der Waals surface area contributed by atoms with E-state index in [0.29, 0.717) is 18.8 Å². The van der Waals surface area contributed by atoms with Gasteiger partial charge in [-0.3, -0.25) is 14.9 Å².